The van der Waals surface area contributed by atoms with Gasteiger partial charge < -0.3 is 5.32 Å². The van der Waals surface area contributed by atoms with E-state index < -0.39 is 0 Å². The molecule has 2 aromatic rings. The van der Waals surface area contributed by atoms with Crippen molar-refractivity contribution in [2.45, 2.75) is 6.54 Å². The molecular formula is C11H8Br2ClNS. The summed E-state index contributed by atoms with van der Waals surface area (Å²) in [6, 6.07) is 10.0. The SMILES string of the molecule is Clc1cc(NCc2ccc(Br)s2)ccc1Br. The summed E-state index contributed by atoms with van der Waals surface area (Å²) in [6.45, 7) is 0.814. The van der Waals surface area contributed by atoms with E-state index in [9.17, 15) is 0 Å². The van der Waals surface area contributed by atoms with Gasteiger partial charge in [0.15, 0.2) is 0 Å². The fourth-order valence-electron chi connectivity index (χ4n) is 1.24. The summed E-state index contributed by atoms with van der Waals surface area (Å²) in [6.07, 6.45) is 0. The minimum atomic E-state index is 0.720. The van der Waals surface area contributed by atoms with Crippen molar-refractivity contribution in [3.8, 4) is 0 Å². The highest BCUT2D eigenvalue weighted by Gasteiger charge is 2.00. The molecule has 0 radical (unpaired) electrons. The average Bonchev–Trinajstić information content (AvgIpc) is 2.66. The van der Waals surface area contributed by atoms with Crippen LogP contribution in [-0.4, -0.2) is 0 Å². The van der Waals surface area contributed by atoms with Crippen molar-refractivity contribution < 1.29 is 0 Å². The quantitative estimate of drug-likeness (QED) is 0.736. The highest BCUT2D eigenvalue weighted by molar-refractivity contribution is 9.11. The van der Waals surface area contributed by atoms with Crippen molar-refractivity contribution in [1.82, 2.24) is 0 Å². The smallest absolute Gasteiger partial charge is 0.0702 e. The first-order valence-electron chi connectivity index (χ1n) is 4.58. The molecule has 0 saturated carbocycles. The second kappa shape index (κ2) is 5.54. The van der Waals surface area contributed by atoms with Gasteiger partial charge in [-0.25, -0.2) is 0 Å². The first kappa shape index (κ1) is 12.4. The summed E-state index contributed by atoms with van der Waals surface area (Å²) >= 11 is 14.5. The lowest BCUT2D eigenvalue weighted by Crippen LogP contribution is -1.96. The van der Waals surface area contributed by atoms with Crippen LogP contribution in [0.4, 0.5) is 5.69 Å². The number of hydrogen-bond acceptors (Lipinski definition) is 2. The number of benzene rings is 1. The van der Waals surface area contributed by atoms with Crippen molar-refractivity contribution in [2.24, 2.45) is 0 Å². The zero-order valence-corrected chi connectivity index (χ0v) is 12.9. The van der Waals surface area contributed by atoms with Gasteiger partial charge in [-0.1, -0.05) is 11.6 Å². The van der Waals surface area contributed by atoms with Gasteiger partial charge in [0.05, 0.1) is 8.81 Å². The van der Waals surface area contributed by atoms with Crippen LogP contribution in [0.3, 0.4) is 0 Å². The normalized spacial score (nSPS) is 10.4. The van der Waals surface area contributed by atoms with Crippen LogP contribution in [0.2, 0.25) is 5.02 Å². The molecule has 1 aromatic carbocycles. The minimum absolute atomic E-state index is 0.720. The molecule has 0 spiro atoms. The summed E-state index contributed by atoms with van der Waals surface area (Å²) in [7, 11) is 0. The Bertz CT molecular complexity index is 498. The molecule has 1 aromatic heterocycles. The van der Waals surface area contributed by atoms with Crippen LogP contribution < -0.4 is 5.32 Å². The van der Waals surface area contributed by atoms with Crippen LogP contribution in [-0.2, 0) is 6.54 Å². The lowest BCUT2D eigenvalue weighted by Gasteiger charge is -2.05. The molecule has 0 saturated heterocycles. The summed E-state index contributed by atoms with van der Waals surface area (Å²) in [4.78, 5) is 1.28. The summed E-state index contributed by atoms with van der Waals surface area (Å²) in [5, 5.41) is 4.05. The lowest BCUT2D eigenvalue weighted by molar-refractivity contribution is 1.19. The van der Waals surface area contributed by atoms with Gasteiger partial charge in [-0.05, 0) is 62.2 Å². The van der Waals surface area contributed by atoms with Gasteiger partial charge in [0.1, 0.15) is 0 Å². The van der Waals surface area contributed by atoms with E-state index in [4.69, 9.17) is 11.6 Å². The number of hydrogen-bond donors (Lipinski definition) is 1. The van der Waals surface area contributed by atoms with E-state index in [2.05, 4.69) is 49.3 Å². The van der Waals surface area contributed by atoms with E-state index in [0.717, 1.165) is 25.5 Å². The van der Waals surface area contributed by atoms with E-state index in [0.29, 0.717) is 0 Å². The largest absolute Gasteiger partial charge is 0.380 e. The van der Waals surface area contributed by atoms with Crippen LogP contribution in [0.1, 0.15) is 4.88 Å². The van der Waals surface area contributed by atoms with Gasteiger partial charge in [0.25, 0.3) is 0 Å². The molecule has 5 heteroatoms. The molecule has 2 rings (SSSR count). The van der Waals surface area contributed by atoms with E-state index in [1.54, 1.807) is 11.3 Å². The summed E-state index contributed by atoms with van der Waals surface area (Å²) < 4.78 is 2.07. The van der Waals surface area contributed by atoms with Crippen LogP contribution in [0, 0.1) is 0 Å². The lowest BCUT2D eigenvalue weighted by atomic mass is 10.3. The Labute approximate surface area is 120 Å². The maximum atomic E-state index is 6.01. The maximum absolute atomic E-state index is 6.01. The molecule has 0 aliphatic carbocycles. The predicted octanol–water partition coefficient (Wildman–Crippen LogP) is 5.54. The molecule has 0 unspecified atom stereocenters. The van der Waals surface area contributed by atoms with Gasteiger partial charge in [-0.15, -0.1) is 11.3 Å². The maximum Gasteiger partial charge on any atom is 0.0702 e. The molecule has 0 amide bonds. The third kappa shape index (κ3) is 3.23. The average molecular weight is 382 g/mol. The fourth-order valence-corrected chi connectivity index (χ4v) is 3.09. The zero-order chi connectivity index (χ0) is 11.5. The number of thiophene rings is 1. The van der Waals surface area contributed by atoms with Crippen molar-refractivity contribution in [3.63, 3.8) is 0 Å². The Hall–Kier alpha value is -0.0300. The number of halogens is 3. The highest BCUT2D eigenvalue weighted by atomic mass is 79.9. The zero-order valence-electron chi connectivity index (χ0n) is 8.14. The Morgan fingerprint density at radius 3 is 2.62 bits per heavy atom. The van der Waals surface area contributed by atoms with E-state index in [1.165, 1.54) is 4.88 Å². The van der Waals surface area contributed by atoms with Gasteiger partial charge in [-0.3, -0.25) is 0 Å². The monoisotopic (exact) mass is 379 g/mol. The molecule has 0 fully saturated rings. The summed E-state index contributed by atoms with van der Waals surface area (Å²) in [5.41, 5.74) is 1.03. The van der Waals surface area contributed by atoms with Crippen LogP contribution in [0.25, 0.3) is 0 Å². The molecule has 0 bridgehead atoms. The third-order valence-corrected chi connectivity index (χ3v) is 4.87. The van der Waals surface area contributed by atoms with E-state index in [-0.39, 0.29) is 0 Å². The van der Waals surface area contributed by atoms with Crippen molar-refractivity contribution in [2.75, 3.05) is 5.32 Å². The van der Waals surface area contributed by atoms with Crippen molar-refractivity contribution in [3.05, 3.63) is 48.5 Å². The van der Waals surface area contributed by atoms with Crippen molar-refractivity contribution in [1.29, 1.82) is 0 Å². The number of anilines is 1. The molecule has 0 aliphatic heterocycles. The Balaban J connectivity index is 2.02. The minimum Gasteiger partial charge on any atom is -0.380 e. The molecule has 16 heavy (non-hydrogen) atoms. The fraction of sp³-hybridized carbons (Fsp3) is 0.0909. The number of nitrogens with one attached hydrogen (secondary N) is 1. The van der Waals surface area contributed by atoms with Crippen LogP contribution >= 0.6 is 54.8 Å². The second-order valence-electron chi connectivity index (χ2n) is 3.19. The van der Waals surface area contributed by atoms with Gasteiger partial charge in [-0.2, -0.15) is 0 Å². The van der Waals surface area contributed by atoms with E-state index >= 15 is 0 Å². The third-order valence-electron chi connectivity index (χ3n) is 2.02. The predicted molar refractivity (Wildman–Crippen MR) is 78.5 cm³/mol. The second-order valence-corrected chi connectivity index (χ2v) is 7.00. The molecule has 1 nitrogen and oxygen atoms in total. The molecule has 1 N–H and O–H groups in total. The van der Waals surface area contributed by atoms with Gasteiger partial charge in [0.2, 0.25) is 0 Å². The molecule has 0 atom stereocenters. The van der Waals surface area contributed by atoms with Crippen LogP contribution in [0.15, 0.2) is 38.6 Å². The standard InChI is InChI=1S/C11H8Br2ClNS/c12-9-3-1-7(5-10(9)14)15-6-8-2-4-11(13)16-8/h1-5,15H,6H2. The van der Waals surface area contributed by atoms with Gasteiger partial charge >= 0.3 is 0 Å². The Morgan fingerprint density at radius 2 is 2.00 bits per heavy atom. The molecular weight excluding hydrogens is 373 g/mol. The first-order valence-corrected chi connectivity index (χ1v) is 7.36. The highest BCUT2D eigenvalue weighted by Crippen LogP contribution is 2.27. The molecule has 1 heterocycles. The topological polar surface area (TPSA) is 12.0 Å². The molecule has 0 aliphatic rings. The number of rotatable bonds is 3. The summed E-state index contributed by atoms with van der Waals surface area (Å²) in [5.74, 6) is 0. The molecule has 84 valence electrons. The van der Waals surface area contributed by atoms with E-state index in [1.807, 2.05) is 18.2 Å². The van der Waals surface area contributed by atoms with Crippen molar-refractivity contribution >= 4 is 60.5 Å². The Morgan fingerprint density at radius 1 is 1.19 bits per heavy atom. The van der Waals surface area contributed by atoms with Gasteiger partial charge in [0, 0.05) is 21.6 Å². The Kier molecular flexibility index (Phi) is 4.30. The van der Waals surface area contributed by atoms with Crippen LogP contribution in [0.5, 0.6) is 0 Å². The first-order chi connectivity index (χ1) is 7.65.